The molecule has 0 aliphatic heterocycles. The summed E-state index contributed by atoms with van der Waals surface area (Å²) in [6, 6.07) is 3.80. The number of imidazole rings is 1. The van der Waals surface area contributed by atoms with Crippen molar-refractivity contribution < 1.29 is 0 Å². The average molecular weight is 355 g/mol. The zero-order chi connectivity index (χ0) is 17.8. The normalized spacial score (nSPS) is 11.7. The van der Waals surface area contributed by atoms with Crippen molar-refractivity contribution in [1.82, 2.24) is 54.0 Å². The Hall–Kier alpha value is -4.28. The summed E-state index contributed by atoms with van der Waals surface area (Å²) >= 11 is 0. The molecule has 0 bridgehead atoms. The van der Waals surface area contributed by atoms with Crippen LogP contribution in [0.25, 0.3) is 39.5 Å². The molecule has 11 nitrogen and oxygen atoms in total. The molecule has 0 saturated carbocycles. The number of hydrogen-bond acceptors (Lipinski definition) is 8. The third-order valence-electron chi connectivity index (χ3n) is 4.30. The minimum atomic E-state index is 0.502. The van der Waals surface area contributed by atoms with Gasteiger partial charge in [-0.3, -0.25) is 0 Å². The number of rotatable bonds is 2. The maximum atomic E-state index is 4.59. The molecule has 0 fully saturated rings. The maximum Gasteiger partial charge on any atom is 0.252 e. The molecule has 0 spiro atoms. The standard InChI is InChI=1S/C16H9N11/c1-3-26-16(18-8-22-26)23-12(1)11-7-21-27-9-19-24-15(27)14(11)10-5-13-17-2-4-25(13)20-6-10/h1-9H. The molecular weight excluding hydrogens is 346 g/mol. The van der Waals surface area contributed by atoms with E-state index in [0.29, 0.717) is 17.1 Å². The highest BCUT2D eigenvalue weighted by Crippen LogP contribution is 2.33. The Morgan fingerprint density at radius 1 is 0.889 bits per heavy atom. The predicted octanol–water partition coefficient (Wildman–Crippen LogP) is 0.939. The van der Waals surface area contributed by atoms with Gasteiger partial charge in [-0.2, -0.15) is 24.8 Å². The molecule has 0 unspecified atom stereocenters. The van der Waals surface area contributed by atoms with Crippen molar-refractivity contribution in [1.29, 1.82) is 0 Å². The van der Waals surface area contributed by atoms with Crippen LogP contribution in [0.4, 0.5) is 0 Å². The van der Waals surface area contributed by atoms with E-state index in [2.05, 4.69) is 40.4 Å². The fraction of sp³-hybridized carbons (Fsp3) is 0. The highest BCUT2D eigenvalue weighted by Gasteiger charge is 2.17. The predicted molar refractivity (Wildman–Crippen MR) is 92.5 cm³/mol. The third-order valence-corrected chi connectivity index (χ3v) is 4.30. The van der Waals surface area contributed by atoms with Crippen LogP contribution in [0, 0.1) is 0 Å². The Balaban J connectivity index is 1.68. The summed E-state index contributed by atoms with van der Waals surface area (Å²) in [7, 11) is 0. The molecule has 128 valence electrons. The Morgan fingerprint density at radius 2 is 1.85 bits per heavy atom. The maximum absolute atomic E-state index is 4.59. The van der Waals surface area contributed by atoms with Crippen LogP contribution >= 0.6 is 0 Å². The van der Waals surface area contributed by atoms with Crippen LogP contribution < -0.4 is 0 Å². The molecule has 11 heteroatoms. The minimum Gasteiger partial charge on any atom is -0.236 e. The first-order valence-corrected chi connectivity index (χ1v) is 8.02. The lowest BCUT2D eigenvalue weighted by atomic mass is 10.0. The van der Waals surface area contributed by atoms with Crippen LogP contribution in [0.2, 0.25) is 0 Å². The Kier molecular flexibility index (Phi) is 2.64. The molecular formula is C16H9N11. The van der Waals surface area contributed by atoms with Gasteiger partial charge in [0.15, 0.2) is 11.3 Å². The molecule has 6 heterocycles. The zero-order valence-corrected chi connectivity index (χ0v) is 13.6. The van der Waals surface area contributed by atoms with Gasteiger partial charge in [-0.25, -0.2) is 19.0 Å². The van der Waals surface area contributed by atoms with E-state index in [4.69, 9.17) is 0 Å². The van der Waals surface area contributed by atoms with Gasteiger partial charge < -0.3 is 0 Å². The largest absolute Gasteiger partial charge is 0.252 e. The SMILES string of the molecule is c1cn2ncc(-c3c(-c4ccn5ncnc5n4)cnn4cnnc34)cc2n1. The summed E-state index contributed by atoms with van der Waals surface area (Å²) < 4.78 is 4.92. The first-order chi connectivity index (χ1) is 13.4. The van der Waals surface area contributed by atoms with Crippen molar-refractivity contribution >= 4 is 17.1 Å². The average Bonchev–Trinajstić information content (AvgIpc) is 3.45. The number of nitrogens with zero attached hydrogens (tertiary/aromatic N) is 11. The van der Waals surface area contributed by atoms with Crippen LogP contribution in [0.1, 0.15) is 0 Å². The quantitative estimate of drug-likeness (QED) is 0.450. The Labute approximate surface area is 150 Å². The lowest BCUT2D eigenvalue weighted by molar-refractivity contribution is 0.920. The monoisotopic (exact) mass is 355 g/mol. The van der Waals surface area contributed by atoms with Crippen molar-refractivity contribution in [3.63, 3.8) is 0 Å². The van der Waals surface area contributed by atoms with Gasteiger partial charge in [0.2, 0.25) is 0 Å². The van der Waals surface area contributed by atoms with Crippen molar-refractivity contribution in [3.8, 4) is 22.4 Å². The second kappa shape index (κ2) is 5.11. The van der Waals surface area contributed by atoms with Gasteiger partial charge in [-0.15, -0.1) is 10.2 Å². The van der Waals surface area contributed by atoms with Crippen molar-refractivity contribution in [2.24, 2.45) is 0 Å². The summed E-state index contributed by atoms with van der Waals surface area (Å²) in [5, 5.41) is 21.1. The van der Waals surface area contributed by atoms with Crippen LogP contribution in [-0.2, 0) is 0 Å². The molecule has 0 aliphatic carbocycles. The van der Waals surface area contributed by atoms with E-state index in [1.807, 2.05) is 12.1 Å². The topological polar surface area (TPSA) is 116 Å². The van der Waals surface area contributed by atoms with Gasteiger partial charge in [0.25, 0.3) is 5.78 Å². The molecule has 27 heavy (non-hydrogen) atoms. The highest BCUT2D eigenvalue weighted by molar-refractivity contribution is 5.90. The first kappa shape index (κ1) is 13.9. The first-order valence-electron chi connectivity index (χ1n) is 8.02. The summed E-state index contributed by atoms with van der Waals surface area (Å²) in [6.45, 7) is 0. The van der Waals surface area contributed by atoms with Crippen LogP contribution in [0.3, 0.4) is 0 Å². The molecule has 6 rings (SSSR count). The molecule has 0 radical (unpaired) electrons. The van der Waals surface area contributed by atoms with E-state index in [0.717, 1.165) is 22.3 Å². The van der Waals surface area contributed by atoms with Gasteiger partial charge in [0.1, 0.15) is 12.7 Å². The van der Waals surface area contributed by atoms with Gasteiger partial charge in [-0.05, 0) is 12.1 Å². The van der Waals surface area contributed by atoms with Gasteiger partial charge >= 0.3 is 0 Å². The van der Waals surface area contributed by atoms with E-state index in [9.17, 15) is 0 Å². The summed E-state index contributed by atoms with van der Waals surface area (Å²) in [6.07, 6.45) is 11.8. The third kappa shape index (κ3) is 2.02. The summed E-state index contributed by atoms with van der Waals surface area (Å²) in [4.78, 5) is 13.1. The lowest BCUT2D eigenvalue weighted by Gasteiger charge is -2.10. The lowest BCUT2D eigenvalue weighted by Crippen LogP contribution is -2.00. The van der Waals surface area contributed by atoms with Crippen molar-refractivity contribution in [2.75, 3.05) is 0 Å². The van der Waals surface area contributed by atoms with Crippen LogP contribution in [0.15, 0.2) is 55.8 Å². The minimum absolute atomic E-state index is 0.502. The molecule has 0 atom stereocenters. The van der Waals surface area contributed by atoms with Crippen LogP contribution in [-0.4, -0.2) is 54.0 Å². The van der Waals surface area contributed by atoms with Gasteiger partial charge in [0, 0.05) is 35.3 Å². The molecule has 0 amide bonds. The van der Waals surface area contributed by atoms with E-state index in [1.54, 1.807) is 50.9 Å². The summed E-state index contributed by atoms with van der Waals surface area (Å²) in [5.41, 5.74) is 4.48. The molecule has 0 aliphatic rings. The highest BCUT2D eigenvalue weighted by atomic mass is 15.3. The molecule has 0 aromatic carbocycles. The fourth-order valence-electron chi connectivity index (χ4n) is 3.07. The number of hydrogen-bond donors (Lipinski definition) is 0. The summed E-state index contributed by atoms with van der Waals surface area (Å²) in [5.74, 6) is 0.502. The van der Waals surface area contributed by atoms with Gasteiger partial charge in [0.05, 0.1) is 18.1 Å². The fourth-order valence-corrected chi connectivity index (χ4v) is 3.07. The number of fused-ring (bicyclic) bond motifs is 3. The second-order valence-electron chi connectivity index (χ2n) is 5.82. The smallest absolute Gasteiger partial charge is 0.236 e. The molecule has 6 aromatic rings. The second-order valence-corrected chi connectivity index (χ2v) is 5.82. The van der Waals surface area contributed by atoms with Crippen molar-refractivity contribution in [3.05, 3.63) is 55.8 Å². The van der Waals surface area contributed by atoms with Gasteiger partial charge in [-0.1, -0.05) is 0 Å². The zero-order valence-electron chi connectivity index (χ0n) is 13.6. The molecule has 0 saturated heterocycles. The molecule has 0 N–H and O–H groups in total. The molecule has 6 aromatic heterocycles. The van der Waals surface area contributed by atoms with E-state index in [-0.39, 0.29) is 0 Å². The van der Waals surface area contributed by atoms with E-state index >= 15 is 0 Å². The Bertz CT molecular complexity index is 1440. The van der Waals surface area contributed by atoms with E-state index in [1.165, 1.54) is 6.33 Å². The van der Waals surface area contributed by atoms with E-state index < -0.39 is 0 Å². The van der Waals surface area contributed by atoms with Crippen LogP contribution in [0.5, 0.6) is 0 Å². The Morgan fingerprint density at radius 3 is 2.85 bits per heavy atom. The number of aromatic nitrogens is 11. The van der Waals surface area contributed by atoms with Crippen molar-refractivity contribution in [2.45, 2.75) is 0 Å².